The van der Waals surface area contributed by atoms with Crippen LogP contribution in [0.2, 0.25) is 5.02 Å². The number of carbonyl (C=O) groups is 1. The summed E-state index contributed by atoms with van der Waals surface area (Å²) in [5.74, 6) is 1.67. The molecule has 0 radical (unpaired) electrons. The van der Waals surface area contributed by atoms with Crippen LogP contribution < -0.4 is 14.4 Å². The molecule has 2 aliphatic rings. The largest absolute Gasteiger partial charge is 0.497 e. The van der Waals surface area contributed by atoms with Crippen LogP contribution in [0, 0.1) is 11.8 Å². The van der Waals surface area contributed by atoms with Gasteiger partial charge in [0.25, 0.3) is 15.9 Å². The Balaban J connectivity index is 1.50. The van der Waals surface area contributed by atoms with Gasteiger partial charge in [0.2, 0.25) is 0 Å². The number of carbonyl (C=O) groups excluding carboxylic acids is 1. The smallest absolute Gasteiger partial charge is 0.264 e. The van der Waals surface area contributed by atoms with Crippen molar-refractivity contribution in [1.82, 2.24) is 5.32 Å². The van der Waals surface area contributed by atoms with E-state index in [2.05, 4.69) is 5.32 Å². The van der Waals surface area contributed by atoms with Crippen LogP contribution in [0.3, 0.4) is 0 Å². The van der Waals surface area contributed by atoms with Gasteiger partial charge in [-0.15, -0.1) is 0 Å². The zero-order valence-corrected chi connectivity index (χ0v) is 18.5. The Morgan fingerprint density at radius 3 is 2.43 bits per heavy atom. The van der Waals surface area contributed by atoms with Crippen LogP contribution in [0.5, 0.6) is 5.75 Å². The molecule has 4 rings (SSSR count). The van der Waals surface area contributed by atoms with Crippen molar-refractivity contribution in [2.24, 2.45) is 11.8 Å². The highest BCUT2D eigenvalue weighted by Gasteiger charge is 2.40. The van der Waals surface area contributed by atoms with E-state index >= 15 is 0 Å². The van der Waals surface area contributed by atoms with Crippen molar-refractivity contribution < 1.29 is 17.9 Å². The first-order valence-corrected chi connectivity index (χ1v) is 11.8. The SMILES string of the molecule is COc1ccc(S(=O)(=O)N(C)c2ccc(C(=O)N[C@H]3C[C@H]4CC[C@H]3C4)c(Cl)c2)cc1. The first kappa shape index (κ1) is 21.0. The number of fused-ring (bicyclic) bond motifs is 2. The quantitative estimate of drug-likeness (QED) is 0.722. The molecule has 2 bridgehead atoms. The summed E-state index contributed by atoms with van der Waals surface area (Å²) in [6, 6.07) is 11.1. The predicted molar refractivity (Wildman–Crippen MR) is 117 cm³/mol. The molecule has 0 spiro atoms. The summed E-state index contributed by atoms with van der Waals surface area (Å²) in [5.41, 5.74) is 0.741. The van der Waals surface area contributed by atoms with E-state index in [1.807, 2.05) is 0 Å². The topological polar surface area (TPSA) is 75.7 Å². The molecule has 8 heteroatoms. The van der Waals surface area contributed by atoms with Gasteiger partial charge in [-0.25, -0.2) is 8.42 Å². The second kappa shape index (κ2) is 8.12. The van der Waals surface area contributed by atoms with Gasteiger partial charge in [-0.1, -0.05) is 18.0 Å². The van der Waals surface area contributed by atoms with E-state index < -0.39 is 10.0 Å². The van der Waals surface area contributed by atoms with E-state index in [4.69, 9.17) is 16.3 Å². The van der Waals surface area contributed by atoms with Crippen molar-refractivity contribution in [3.8, 4) is 5.75 Å². The molecule has 6 nitrogen and oxygen atoms in total. The zero-order chi connectivity index (χ0) is 21.5. The average Bonchev–Trinajstić information content (AvgIpc) is 3.36. The van der Waals surface area contributed by atoms with Crippen LogP contribution in [0.1, 0.15) is 36.0 Å². The molecule has 0 heterocycles. The lowest BCUT2D eigenvalue weighted by atomic mass is 9.95. The summed E-state index contributed by atoms with van der Waals surface area (Å²) >= 11 is 6.37. The Hall–Kier alpha value is -2.25. The van der Waals surface area contributed by atoms with Gasteiger partial charge >= 0.3 is 0 Å². The number of nitrogens with zero attached hydrogens (tertiary/aromatic N) is 1. The molecule has 1 amide bonds. The number of hydrogen-bond donors (Lipinski definition) is 1. The fraction of sp³-hybridized carbons (Fsp3) is 0.409. The Bertz CT molecular complexity index is 1060. The zero-order valence-electron chi connectivity index (χ0n) is 17.0. The third-order valence-electron chi connectivity index (χ3n) is 6.33. The van der Waals surface area contributed by atoms with Gasteiger partial charge in [-0.3, -0.25) is 9.10 Å². The van der Waals surface area contributed by atoms with Crippen LogP contribution in [0.25, 0.3) is 0 Å². The number of methoxy groups -OCH3 is 1. The number of halogens is 1. The fourth-order valence-electron chi connectivity index (χ4n) is 4.60. The van der Waals surface area contributed by atoms with Crippen molar-refractivity contribution in [3.63, 3.8) is 0 Å². The monoisotopic (exact) mass is 448 g/mol. The van der Waals surface area contributed by atoms with Crippen LogP contribution in [-0.4, -0.2) is 34.5 Å². The van der Waals surface area contributed by atoms with E-state index in [9.17, 15) is 13.2 Å². The van der Waals surface area contributed by atoms with Gasteiger partial charge in [0.1, 0.15) is 5.75 Å². The molecule has 0 aliphatic heterocycles. The van der Waals surface area contributed by atoms with E-state index in [1.165, 1.54) is 51.6 Å². The standard InChI is InChI=1S/C22H25ClN2O4S/c1-25(30(27,28)18-8-6-17(29-2)7-9-18)16-5-10-19(20(23)13-16)22(26)24-21-12-14-3-4-15(21)11-14/h5-10,13-15,21H,3-4,11-12H2,1-2H3,(H,24,26)/t14-,15-,21-/m0/s1. The van der Waals surface area contributed by atoms with E-state index in [-0.39, 0.29) is 21.9 Å². The maximum atomic E-state index is 12.9. The van der Waals surface area contributed by atoms with Crippen LogP contribution >= 0.6 is 11.6 Å². The highest BCUT2D eigenvalue weighted by atomic mass is 35.5. The maximum absolute atomic E-state index is 12.9. The molecule has 0 aromatic heterocycles. The highest BCUT2D eigenvalue weighted by molar-refractivity contribution is 7.92. The molecular formula is C22H25ClN2O4S. The van der Waals surface area contributed by atoms with E-state index in [1.54, 1.807) is 24.3 Å². The molecule has 2 aromatic carbocycles. The lowest BCUT2D eigenvalue weighted by molar-refractivity contribution is 0.0923. The van der Waals surface area contributed by atoms with Crippen LogP contribution in [0.4, 0.5) is 5.69 Å². The summed E-state index contributed by atoms with van der Waals surface area (Å²) < 4.78 is 32.1. The molecule has 2 aliphatic carbocycles. The van der Waals surface area contributed by atoms with Crippen LogP contribution in [0.15, 0.2) is 47.4 Å². The number of amides is 1. The fourth-order valence-corrected chi connectivity index (χ4v) is 6.04. The van der Waals surface area contributed by atoms with Crippen molar-refractivity contribution in [3.05, 3.63) is 53.1 Å². The van der Waals surface area contributed by atoms with Crippen molar-refractivity contribution >= 4 is 33.2 Å². The minimum atomic E-state index is -3.77. The summed E-state index contributed by atoms with van der Waals surface area (Å²) in [5, 5.41) is 3.34. The molecule has 3 atom stereocenters. The van der Waals surface area contributed by atoms with Crippen molar-refractivity contribution in [2.45, 2.75) is 36.6 Å². The molecule has 2 aromatic rings. The highest BCUT2D eigenvalue weighted by Crippen LogP contribution is 2.44. The van der Waals surface area contributed by atoms with Gasteiger partial charge in [0, 0.05) is 13.1 Å². The molecule has 2 saturated carbocycles. The maximum Gasteiger partial charge on any atom is 0.264 e. The average molecular weight is 449 g/mol. The molecule has 1 N–H and O–H groups in total. The third-order valence-corrected chi connectivity index (χ3v) is 8.45. The second-order valence-electron chi connectivity index (χ2n) is 8.07. The minimum absolute atomic E-state index is 0.139. The second-order valence-corrected chi connectivity index (χ2v) is 10.4. The number of nitrogens with one attached hydrogen (secondary N) is 1. The van der Waals surface area contributed by atoms with E-state index in [0.717, 1.165) is 16.6 Å². The van der Waals surface area contributed by atoms with Gasteiger partial charge in [0.15, 0.2) is 0 Å². The van der Waals surface area contributed by atoms with E-state index in [0.29, 0.717) is 22.9 Å². The lowest BCUT2D eigenvalue weighted by Gasteiger charge is -2.23. The van der Waals surface area contributed by atoms with Gasteiger partial charge < -0.3 is 10.1 Å². The Morgan fingerprint density at radius 1 is 1.13 bits per heavy atom. The number of benzene rings is 2. The van der Waals surface area contributed by atoms with Crippen molar-refractivity contribution in [2.75, 3.05) is 18.5 Å². The number of anilines is 1. The normalized spacial score (nSPS) is 22.7. The Kier molecular flexibility index (Phi) is 5.68. The van der Waals surface area contributed by atoms with Crippen molar-refractivity contribution in [1.29, 1.82) is 0 Å². The lowest BCUT2D eigenvalue weighted by Crippen LogP contribution is -2.38. The van der Waals surface area contributed by atoms with Gasteiger partial charge in [0.05, 0.1) is 28.3 Å². The minimum Gasteiger partial charge on any atom is -0.497 e. The molecular weight excluding hydrogens is 424 g/mol. The molecule has 160 valence electrons. The first-order chi connectivity index (χ1) is 14.3. The first-order valence-electron chi connectivity index (χ1n) is 10.0. The Morgan fingerprint density at radius 2 is 1.87 bits per heavy atom. The number of hydrogen-bond acceptors (Lipinski definition) is 4. The van der Waals surface area contributed by atoms with Crippen LogP contribution in [-0.2, 0) is 10.0 Å². The number of sulfonamides is 1. The summed E-state index contributed by atoms with van der Waals surface area (Å²) in [4.78, 5) is 12.9. The molecule has 0 saturated heterocycles. The summed E-state index contributed by atoms with van der Waals surface area (Å²) in [6.45, 7) is 0. The molecule has 0 unspecified atom stereocenters. The predicted octanol–water partition coefficient (Wildman–Crippen LogP) is 4.09. The summed E-state index contributed by atoms with van der Waals surface area (Å²) in [6.07, 6.45) is 4.68. The summed E-state index contributed by atoms with van der Waals surface area (Å²) in [7, 11) is -0.794. The Labute approximate surface area is 182 Å². The number of rotatable bonds is 6. The third kappa shape index (κ3) is 3.88. The molecule has 30 heavy (non-hydrogen) atoms. The molecule has 2 fully saturated rings. The van der Waals surface area contributed by atoms with Gasteiger partial charge in [-0.2, -0.15) is 0 Å². The van der Waals surface area contributed by atoms with Gasteiger partial charge in [-0.05, 0) is 73.6 Å². The number of ether oxygens (including phenoxy) is 1.